The van der Waals surface area contributed by atoms with E-state index in [0.29, 0.717) is 55.4 Å². The van der Waals surface area contributed by atoms with Crippen LogP contribution in [0.2, 0.25) is 0 Å². The molecule has 1 aliphatic rings. The summed E-state index contributed by atoms with van der Waals surface area (Å²) in [7, 11) is 4.46. The lowest BCUT2D eigenvalue weighted by Crippen LogP contribution is -2.39. The molecule has 0 aromatic heterocycles. The van der Waals surface area contributed by atoms with Crippen LogP contribution in [0.25, 0.3) is 0 Å². The molecule has 1 heterocycles. The summed E-state index contributed by atoms with van der Waals surface area (Å²) in [4.78, 5) is 25.7. The highest BCUT2D eigenvalue weighted by Gasteiger charge is 2.21. The Morgan fingerprint density at radius 2 is 1.67 bits per heavy atom. The largest absolute Gasteiger partial charge is 0.493 e. The van der Waals surface area contributed by atoms with E-state index in [-0.39, 0.29) is 6.09 Å². The Hall–Kier alpha value is -2.97. The van der Waals surface area contributed by atoms with Gasteiger partial charge in [-0.1, -0.05) is 0 Å². The molecule has 0 radical (unpaired) electrons. The van der Waals surface area contributed by atoms with Gasteiger partial charge in [0.2, 0.25) is 5.75 Å². The minimum atomic E-state index is -0.394. The van der Waals surface area contributed by atoms with Crippen molar-refractivity contribution < 1.29 is 28.5 Å². The van der Waals surface area contributed by atoms with E-state index in [0.717, 1.165) is 5.71 Å². The van der Waals surface area contributed by atoms with E-state index in [4.69, 9.17) is 18.9 Å². The van der Waals surface area contributed by atoms with Gasteiger partial charge in [0.1, 0.15) is 0 Å². The van der Waals surface area contributed by atoms with Gasteiger partial charge in [0, 0.05) is 37.2 Å². The molecule has 0 unspecified atom stereocenters. The van der Waals surface area contributed by atoms with Crippen molar-refractivity contribution in [2.75, 3.05) is 41.0 Å². The molecule has 1 aromatic carbocycles. The molecular formula is C18H25N3O6. The van der Waals surface area contributed by atoms with Gasteiger partial charge in [-0.25, -0.2) is 10.2 Å². The molecule has 0 aliphatic carbocycles. The number of nitrogens with one attached hydrogen (secondary N) is 1. The average Bonchev–Trinajstić information content (AvgIpc) is 2.71. The van der Waals surface area contributed by atoms with Gasteiger partial charge in [0.05, 0.1) is 27.9 Å². The number of carbonyl (C=O) groups excluding carboxylic acids is 2. The van der Waals surface area contributed by atoms with E-state index in [2.05, 4.69) is 10.5 Å². The van der Waals surface area contributed by atoms with Gasteiger partial charge in [-0.2, -0.15) is 5.10 Å². The highest BCUT2D eigenvalue weighted by atomic mass is 16.6. The fourth-order valence-electron chi connectivity index (χ4n) is 2.68. The highest BCUT2D eigenvalue weighted by Crippen LogP contribution is 2.38. The molecule has 0 bridgehead atoms. The molecule has 0 spiro atoms. The molecule has 2 amide bonds. The van der Waals surface area contributed by atoms with Crippen molar-refractivity contribution in [2.45, 2.75) is 19.8 Å². The third kappa shape index (κ3) is 5.02. The molecule has 9 nitrogen and oxygen atoms in total. The van der Waals surface area contributed by atoms with Crippen molar-refractivity contribution in [1.82, 2.24) is 10.3 Å². The second-order valence-electron chi connectivity index (χ2n) is 5.72. The predicted octanol–water partition coefficient (Wildman–Crippen LogP) is 2.05. The van der Waals surface area contributed by atoms with Crippen LogP contribution in [-0.4, -0.2) is 63.6 Å². The number of hydrazone groups is 1. The van der Waals surface area contributed by atoms with E-state index in [9.17, 15) is 9.59 Å². The fraction of sp³-hybridized carbons (Fsp3) is 0.500. The number of carbonyl (C=O) groups is 2. The highest BCUT2D eigenvalue weighted by molar-refractivity contribution is 5.97. The molecular weight excluding hydrogens is 354 g/mol. The smallest absolute Gasteiger partial charge is 0.409 e. The molecule has 9 heteroatoms. The number of amides is 2. The first-order chi connectivity index (χ1) is 13.0. The monoisotopic (exact) mass is 379 g/mol. The SMILES string of the molecule is CCOC(=O)N1CCC(=NNC(=O)c2cc(OC)c(OC)c(OC)c2)CC1. The molecule has 2 rings (SSSR count). The third-order valence-corrected chi connectivity index (χ3v) is 4.11. The van der Waals surface area contributed by atoms with E-state index >= 15 is 0 Å². The first kappa shape index (κ1) is 20.3. The summed E-state index contributed by atoms with van der Waals surface area (Å²) in [6, 6.07) is 3.11. The molecule has 1 aliphatic heterocycles. The molecule has 0 saturated carbocycles. The summed E-state index contributed by atoms with van der Waals surface area (Å²) in [6.45, 7) is 3.14. The zero-order valence-electron chi connectivity index (χ0n) is 16.0. The van der Waals surface area contributed by atoms with Crippen LogP contribution >= 0.6 is 0 Å². The number of methoxy groups -OCH3 is 3. The van der Waals surface area contributed by atoms with Gasteiger partial charge in [0.25, 0.3) is 5.91 Å². The molecule has 1 fully saturated rings. The second kappa shape index (κ2) is 9.65. The van der Waals surface area contributed by atoms with Gasteiger partial charge in [0.15, 0.2) is 11.5 Å². The molecule has 1 aromatic rings. The quantitative estimate of drug-likeness (QED) is 0.760. The number of piperidine rings is 1. The van der Waals surface area contributed by atoms with Crippen LogP contribution in [0.1, 0.15) is 30.1 Å². The summed E-state index contributed by atoms with van der Waals surface area (Å²) in [5.74, 6) is 0.790. The Bertz CT molecular complexity index is 684. The summed E-state index contributed by atoms with van der Waals surface area (Å²) in [6.07, 6.45) is 0.834. The topological polar surface area (TPSA) is 98.7 Å². The van der Waals surface area contributed by atoms with Crippen LogP contribution in [0, 0.1) is 0 Å². The zero-order chi connectivity index (χ0) is 19.8. The third-order valence-electron chi connectivity index (χ3n) is 4.11. The first-order valence-electron chi connectivity index (χ1n) is 8.61. The van der Waals surface area contributed by atoms with Gasteiger partial charge < -0.3 is 23.8 Å². The number of ether oxygens (including phenoxy) is 4. The summed E-state index contributed by atoms with van der Waals surface area (Å²) in [5, 5.41) is 4.18. The predicted molar refractivity (Wildman–Crippen MR) is 98.8 cm³/mol. The Morgan fingerprint density at radius 1 is 1.07 bits per heavy atom. The minimum absolute atomic E-state index is 0.321. The first-order valence-corrected chi connectivity index (χ1v) is 8.61. The van der Waals surface area contributed by atoms with Crippen molar-refractivity contribution in [3.63, 3.8) is 0 Å². The Kier molecular flexibility index (Phi) is 7.27. The maximum Gasteiger partial charge on any atom is 0.409 e. The van der Waals surface area contributed by atoms with Crippen LogP contribution in [-0.2, 0) is 4.74 Å². The number of nitrogens with zero attached hydrogens (tertiary/aromatic N) is 2. The van der Waals surface area contributed by atoms with E-state index in [1.807, 2.05) is 0 Å². The van der Waals surface area contributed by atoms with Gasteiger partial charge in [-0.3, -0.25) is 4.79 Å². The van der Waals surface area contributed by atoms with Crippen molar-refractivity contribution in [3.05, 3.63) is 17.7 Å². The van der Waals surface area contributed by atoms with Crippen molar-refractivity contribution in [3.8, 4) is 17.2 Å². The van der Waals surface area contributed by atoms with Crippen molar-refractivity contribution in [2.24, 2.45) is 5.10 Å². The zero-order valence-corrected chi connectivity index (χ0v) is 16.0. The normalized spacial score (nSPS) is 13.6. The van der Waals surface area contributed by atoms with Gasteiger partial charge in [-0.05, 0) is 19.1 Å². The maximum absolute atomic E-state index is 12.4. The standard InChI is InChI=1S/C18H25N3O6/c1-5-27-18(23)21-8-6-13(7-9-21)19-20-17(22)12-10-14(24-2)16(26-4)15(11-12)25-3/h10-11H,5-9H2,1-4H3,(H,20,22). The Morgan fingerprint density at radius 3 is 2.15 bits per heavy atom. The van der Waals surface area contributed by atoms with Crippen molar-refractivity contribution >= 4 is 17.7 Å². The van der Waals surface area contributed by atoms with Crippen LogP contribution < -0.4 is 19.6 Å². The number of benzene rings is 1. The van der Waals surface area contributed by atoms with E-state index in [1.165, 1.54) is 21.3 Å². The summed E-state index contributed by atoms with van der Waals surface area (Å²) >= 11 is 0. The van der Waals surface area contributed by atoms with Crippen LogP contribution in [0.5, 0.6) is 17.2 Å². The maximum atomic E-state index is 12.4. The van der Waals surface area contributed by atoms with Crippen LogP contribution in [0.4, 0.5) is 4.79 Å². The van der Waals surface area contributed by atoms with E-state index < -0.39 is 5.91 Å². The van der Waals surface area contributed by atoms with Gasteiger partial charge in [-0.15, -0.1) is 0 Å². The minimum Gasteiger partial charge on any atom is -0.493 e. The average molecular weight is 379 g/mol. The number of likely N-dealkylation sites (tertiary alicyclic amines) is 1. The summed E-state index contributed by atoms with van der Waals surface area (Å²) < 4.78 is 20.7. The Balaban J connectivity index is 2.02. The molecule has 148 valence electrons. The number of hydrogen-bond donors (Lipinski definition) is 1. The lowest BCUT2D eigenvalue weighted by Gasteiger charge is -2.26. The second-order valence-corrected chi connectivity index (χ2v) is 5.72. The molecule has 0 atom stereocenters. The fourth-order valence-corrected chi connectivity index (χ4v) is 2.68. The lowest BCUT2D eigenvalue weighted by atomic mass is 10.1. The number of hydrogen-bond acceptors (Lipinski definition) is 7. The van der Waals surface area contributed by atoms with Crippen LogP contribution in [0.3, 0.4) is 0 Å². The Labute approximate surface area is 158 Å². The van der Waals surface area contributed by atoms with Gasteiger partial charge >= 0.3 is 6.09 Å². The number of rotatable bonds is 6. The van der Waals surface area contributed by atoms with Crippen molar-refractivity contribution in [1.29, 1.82) is 0 Å². The lowest BCUT2D eigenvalue weighted by molar-refractivity contribution is 0.0950. The molecule has 27 heavy (non-hydrogen) atoms. The molecule has 1 N–H and O–H groups in total. The van der Waals surface area contributed by atoms with Crippen LogP contribution in [0.15, 0.2) is 17.2 Å². The van der Waals surface area contributed by atoms with E-state index in [1.54, 1.807) is 24.0 Å². The summed E-state index contributed by atoms with van der Waals surface area (Å²) in [5.41, 5.74) is 3.69. The molecule has 1 saturated heterocycles.